The summed E-state index contributed by atoms with van der Waals surface area (Å²) in [7, 11) is 3.32. The highest BCUT2D eigenvalue weighted by Crippen LogP contribution is 2.25. The van der Waals surface area contributed by atoms with E-state index >= 15 is 0 Å². The molecule has 0 saturated heterocycles. The summed E-state index contributed by atoms with van der Waals surface area (Å²) in [4.78, 5) is 0. The van der Waals surface area contributed by atoms with Gasteiger partial charge in [-0.2, -0.15) is 0 Å². The third kappa shape index (κ3) is 3.85. The standard InChI is InChI=1S/C15H23NO3/c1-18-14-7-6-11(15(9-14)19-2)10-16-12-4-3-5-13(17)8-12/h6-7,9,12-13,16-17H,3-5,8,10H2,1-2H3. The Labute approximate surface area is 114 Å². The highest BCUT2D eigenvalue weighted by atomic mass is 16.5. The Morgan fingerprint density at radius 2 is 2.11 bits per heavy atom. The number of rotatable bonds is 5. The van der Waals surface area contributed by atoms with Crippen molar-refractivity contribution < 1.29 is 14.6 Å². The molecular weight excluding hydrogens is 242 g/mol. The van der Waals surface area contributed by atoms with Crippen LogP contribution >= 0.6 is 0 Å². The first kappa shape index (κ1) is 14.2. The van der Waals surface area contributed by atoms with Gasteiger partial charge in [0.15, 0.2) is 0 Å². The van der Waals surface area contributed by atoms with Crippen LogP contribution in [0, 0.1) is 0 Å². The van der Waals surface area contributed by atoms with Crippen LogP contribution in [0.15, 0.2) is 18.2 Å². The predicted molar refractivity (Wildman–Crippen MR) is 74.6 cm³/mol. The highest BCUT2D eigenvalue weighted by Gasteiger charge is 2.19. The van der Waals surface area contributed by atoms with Crippen LogP contribution in [0.5, 0.6) is 11.5 Å². The van der Waals surface area contributed by atoms with E-state index in [1.165, 1.54) is 0 Å². The maximum absolute atomic E-state index is 9.66. The highest BCUT2D eigenvalue weighted by molar-refractivity contribution is 5.40. The SMILES string of the molecule is COc1ccc(CNC2CCCC(O)C2)c(OC)c1. The third-order valence-corrected chi connectivity index (χ3v) is 3.72. The molecule has 2 unspecified atom stereocenters. The molecule has 1 aromatic carbocycles. The van der Waals surface area contributed by atoms with Gasteiger partial charge in [0.25, 0.3) is 0 Å². The molecule has 0 heterocycles. The monoisotopic (exact) mass is 265 g/mol. The van der Waals surface area contributed by atoms with Crippen molar-refractivity contribution in [3.05, 3.63) is 23.8 Å². The molecular formula is C15H23NO3. The van der Waals surface area contributed by atoms with Crippen molar-refractivity contribution in [1.29, 1.82) is 0 Å². The number of ether oxygens (including phenoxy) is 2. The minimum atomic E-state index is -0.149. The fraction of sp³-hybridized carbons (Fsp3) is 0.600. The molecule has 0 bridgehead atoms. The quantitative estimate of drug-likeness (QED) is 0.856. The van der Waals surface area contributed by atoms with Gasteiger partial charge in [0.2, 0.25) is 0 Å². The molecule has 4 nitrogen and oxygen atoms in total. The summed E-state index contributed by atoms with van der Waals surface area (Å²) < 4.78 is 10.6. The van der Waals surface area contributed by atoms with Crippen molar-refractivity contribution in [2.45, 2.75) is 44.4 Å². The van der Waals surface area contributed by atoms with E-state index in [0.29, 0.717) is 6.04 Å². The lowest BCUT2D eigenvalue weighted by atomic mass is 9.93. The van der Waals surface area contributed by atoms with Gasteiger partial charge in [0.05, 0.1) is 20.3 Å². The van der Waals surface area contributed by atoms with Gasteiger partial charge >= 0.3 is 0 Å². The predicted octanol–water partition coefficient (Wildman–Crippen LogP) is 2.10. The Bertz CT molecular complexity index is 408. The lowest BCUT2D eigenvalue weighted by Crippen LogP contribution is -2.35. The second-order valence-electron chi connectivity index (χ2n) is 5.08. The smallest absolute Gasteiger partial charge is 0.127 e. The van der Waals surface area contributed by atoms with Crippen molar-refractivity contribution >= 4 is 0 Å². The number of hydrogen-bond acceptors (Lipinski definition) is 4. The lowest BCUT2D eigenvalue weighted by molar-refractivity contribution is 0.111. The summed E-state index contributed by atoms with van der Waals surface area (Å²) in [5.74, 6) is 1.64. The van der Waals surface area contributed by atoms with E-state index in [4.69, 9.17) is 9.47 Å². The van der Waals surface area contributed by atoms with Gasteiger partial charge in [-0.05, 0) is 31.7 Å². The topological polar surface area (TPSA) is 50.7 Å². The number of nitrogens with one attached hydrogen (secondary N) is 1. The summed E-state index contributed by atoms with van der Waals surface area (Å²) in [5.41, 5.74) is 1.11. The van der Waals surface area contributed by atoms with Gasteiger partial charge in [-0.3, -0.25) is 0 Å². The molecule has 0 aliphatic heterocycles. The maximum atomic E-state index is 9.66. The van der Waals surface area contributed by atoms with E-state index in [9.17, 15) is 5.11 Å². The fourth-order valence-corrected chi connectivity index (χ4v) is 2.60. The second kappa shape index (κ2) is 6.78. The number of aliphatic hydroxyl groups is 1. The van der Waals surface area contributed by atoms with Gasteiger partial charge in [-0.1, -0.05) is 6.07 Å². The zero-order valence-corrected chi connectivity index (χ0v) is 11.7. The minimum absolute atomic E-state index is 0.149. The first-order valence-corrected chi connectivity index (χ1v) is 6.85. The molecule has 106 valence electrons. The summed E-state index contributed by atoms with van der Waals surface area (Å²) >= 11 is 0. The molecule has 1 aliphatic rings. The van der Waals surface area contributed by atoms with E-state index in [1.54, 1.807) is 14.2 Å². The summed E-state index contributed by atoms with van der Waals surface area (Å²) in [6.45, 7) is 0.755. The zero-order valence-electron chi connectivity index (χ0n) is 11.7. The van der Waals surface area contributed by atoms with Crippen molar-refractivity contribution in [3.63, 3.8) is 0 Å². The molecule has 19 heavy (non-hydrogen) atoms. The normalized spacial score (nSPS) is 23.1. The van der Waals surface area contributed by atoms with Crippen LogP contribution in [0.1, 0.15) is 31.2 Å². The molecule has 1 aliphatic carbocycles. The molecule has 4 heteroatoms. The molecule has 0 aromatic heterocycles. The molecule has 0 radical (unpaired) electrons. The van der Waals surface area contributed by atoms with Crippen LogP contribution in [-0.4, -0.2) is 31.5 Å². The van der Waals surface area contributed by atoms with Crippen molar-refractivity contribution in [3.8, 4) is 11.5 Å². The van der Waals surface area contributed by atoms with E-state index in [1.807, 2.05) is 18.2 Å². The molecule has 2 N–H and O–H groups in total. The molecule has 1 aromatic rings. The van der Waals surface area contributed by atoms with Crippen LogP contribution < -0.4 is 14.8 Å². The van der Waals surface area contributed by atoms with E-state index in [-0.39, 0.29) is 6.10 Å². The van der Waals surface area contributed by atoms with Crippen LogP contribution in [0.4, 0.5) is 0 Å². The average molecular weight is 265 g/mol. The van der Waals surface area contributed by atoms with Crippen molar-refractivity contribution in [2.24, 2.45) is 0 Å². The van der Waals surface area contributed by atoms with Crippen molar-refractivity contribution in [1.82, 2.24) is 5.32 Å². The van der Waals surface area contributed by atoms with Crippen LogP contribution in [-0.2, 0) is 6.54 Å². The zero-order chi connectivity index (χ0) is 13.7. The summed E-state index contributed by atoms with van der Waals surface area (Å²) in [5, 5.41) is 13.2. The Morgan fingerprint density at radius 3 is 2.79 bits per heavy atom. The van der Waals surface area contributed by atoms with Gasteiger partial charge in [0, 0.05) is 24.2 Å². The molecule has 0 amide bonds. The van der Waals surface area contributed by atoms with Crippen LogP contribution in [0.2, 0.25) is 0 Å². The second-order valence-corrected chi connectivity index (χ2v) is 5.08. The largest absolute Gasteiger partial charge is 0.497 e. The van der Waals surface area contributed by atoms with E-state index in [2.05, 4.69) is 5.32 Å². The number of benzene rings is 1. The summed E-state index contributed by atoms with van der Waals surface area (Å²) in [6.07, 6.45) is 3.86. The lowest BCUT2D eigenvalue weighted by Gasteiger charge is -2.27. The molecule has 1 fully saturated rings. The number of methoxy groups -OCH3 is 2. The first-order chi connectivity index (χ1) is 9.22. The van der Waals surface area contributed by atoms with Crippen LogP contribution in [0.25, 0.3) is 0 Å². The minimum Gasteiger partial charge on any atom is -0.497 e. The van der Waals surface area contributed by atoms with Crippen LogP contribution in [0.3, 0.4) is 0 Å². The average Bonchev–Trinajstić information content (AvgIpc) is 2.45. The van der Waals surface area contributed by atoms with Gasteiger partial charge in [0.1, 0.15) is 11.5 Å². The van der Waals surface area contributed by atoms with E-state index in [0.717, 1.165) is 49.3 Å². The Morgan fingerprint density at radius 1 is 1.26 bits per heavy atom. The van der Waals surface area contributed by atoms with Gasteiger partial charge < -0.3 is 19.9 Å². The third-order valence-electron chi connectivity index (χ3n) is 3.72. The number of aliphatic hydroxyl groups excluding tert-OH is 1. The van der Waals surface area contributed by atoms with E-state index < -0.39 is 0 Å². The first-order valence-electron chi connectivity index (χ1n) is 6.85. The maximum Gasteiger partial charge on any atom is 0.127 e. The Hall–Kier alpha value is -1.26. The molecule has 0 spiro atoms. The van der Waals surface area contributed by atoms with Gasteiger partial charge in [-0.25, -0.2) is 0 Å². The molecule has 1 saturated carbocycles. The molecule has 2 rings (SSSR count). The Balaban J connectivity index is 1.95. The van der Waals surface area contributed by atoms with Crippen molar-refractivity contribution in [2.75, 3.05) is 14.2 Å². The fourth-order valence-electron chi connectivity index (χ4n) is 2.60. The summed E-state index contributed by atoms with van der Waals surface area (Å²) in [6, 6.07) is 6.25. The number of hydrogen-bond donors (Lipinski definition) is 2. The molecule has 2 atom stereocenters. The van der Waals surface area contributed by atoms with Gasteiger partial charge in [-0.15, -0.1) is 0 Å². The Kier molecular flexibility index (Phi) is 5.05.